The molecule has 0 unspecified atom stereocenters. The highest BCUT2D eigenvalue weighted by molar-refractivity contribution is 5.95. The van der Waals surface area contributed by atoms with E-state index >= 15 is 0 Å². The molecule has 0 bridgehead atoms. The molecule has 1 aromatic heterocycles. The first-order chi connectivity index (χ1) is 15.4. The molecule has 32 heavy (non-hydrogen) atoms. The number of aryl methyl sites for hydroxylation is 1. The first kappa shape index (κ1) is 23.4. The second-order valence-electron chi connectivity index (χ2n) is 8.17. The van der Waals surface area contributed by atoms with E-state index in [0.717, 1.165) is 38.5 Å². The molecule has 0 aliphatic heterocycles. The highest BCUT2D eigenvalue weighted by Gasteiger charge is 2.38. The molecule has 0 atom stereocenters. The topological polar surface area (TPSA) is 126 Å². The first-order valence-corrected chi connectivity index (χ1v) is 11.2. The second kappa shape index (κ2) is 10.9. The van der Waals surface area contributed by atoms with Gasteiger partial charge in [0.05, 0.1) is 0 Å². The summed E-state index contributed by atoms with van der Waals surface area (Å²) in [6.45, 7) is 3.91. The van der Waals surface area contributed by atoms with E-state index in [0.29, 0.717) is 35.9 Å². The maximum atomic E-state index is 12.3. The zero-order valence-electron chi connectivity index (χ0n) is 18.7. The Labute approximate surface area is 187 Å². The van der Waals surface area contributed by atoms with Gasteiger partial charge in [-0.05, 0) is 44.0 Å². The predicted molar refractivity (Wildman–Crippen MR) is 119 cm³/mol. The summed E-state index contributed by atoms with van der Waals surface area (Å²) in [5, 5.41) is 12.7. The molecular weight excluding hydrogens is 410 g/mol. The van der Waals surface area contributed by atoms with Gasteiger partial charge in [-0.25, -0.2) is 0 Å². The molecule has 2 aromatic rings. The van der Waals surface area contributed by atoms with E-state index in [2.05, 4.69) is 26.1 Å². The van der Waals surface area contributed by atoms with Crippen LogP contribution in [0.4, 0.5) is 5.69 Å². The van der Waals surface area contributed by atoms with Gasteiger partial charge in [-0.3, -0.25) is 14.4 Å². The number of nitrogens with zero attached hydrogens (tertiary/aromatic N) is 2. The molecule has 1 saturated carbocycles. The Morgan fingerprint density at radius 3 is 2.38 bits per heavy atom. The quantitative estimate of drug-likeness (QED) is 0.541. The zero-order chi connectivity index (χ0) is 23.0. The van der Waals surface area contributed by atoms with Crippen LogP contribution in [0.5, 0.6) is 0 Å². The number of benzene rings is 1. The standard InChI is InChI=1S/C23H31N5O4/c1-3-24-21(31)17-8-10-18(11-9-17)25-19(30)12-13-20-26-22(28-32-20)23(27-16(2)29)14-6-4-5-7-15-23/h8-11H,3-7,12-15H2,1-2H3,(H,24,31)(H,25,30)(H,27,29). The molecule has 1 fully saturated rings. The summed E-state index contributed by atoms with van der Waals surface area (Å²) in [4.78, 5) is 40.5. The fraction of sp³-hybridized carbons (Fsp3) is 0.522. The molecule has 0 spiro atoms. The van der Waals surface area contributed by atoms with Crippen LogP contribution in [0.1, 0.15) is 80.9 Å². The molecule has 172 valence electrons. The van der Waals surface area contributed by atoms with Crippen LogP contribution in [0.3, 0.4) is 0 Å². The predicted octanol–water partition coefficient (Wildman–Crippen LogP) is 3.08. The van der Waals surface area contributed by atoms with Crippen LogP contribution in [0, 0.1) is 0 Å². The Morgan fingerprint density at radius 1 is 1.06 bits per heavy atom. The third kappa shape index (κ3) is 6.15. The van der Waals surface area contributed by atoms with Crippen molar-refractivity contribution >= 4 is 23.4 Å². The van der Waals surface area contributed by atoms with Gasteiger partial charge < -0.3 is 20.5 Å². The lowest BCUT2D eigenvalue weighted by Crippen LogP contribution is -2.45. The van der Waals surface area contributed by atoms with Crippen molar-refractivity contribution in [1.29, 1.82) is 0 Å². The molecule has 3 rings (SSSR count). The van der Waals surface area contributed by atoms with Crippen molar-refractivity contribution in [2.45, 2.75) is 70.8 Å². The normalized spacial score (nSPS) is 15.4. The van der Waals surface area contributed by atoms with E-state index in [9.17, 15) is 14.4 Å². The van der Waals surface area contributed by atoms with Crippen LogP contribution in [0.15, 0.2) is 28.8 Å². The van der Waals surface area contributed by atoms with Crippen LogP contribution >= 0.6 is 0 Å². The minimum Gasteiger partial charge on any atom is -0.352 e. The summed E-state index contributed by atoms with van der Waals surface area (Å²) in [5.41, 5.74) is 0.546. The number of rotatable bonds is 8. The van der Waals surface area contributed by atoms with Gasteiger partial charge in [0, 0.05) is 37.6 Å². The third-order valence-corrected chi connectivity index (χ3v) is 5.60. The average Bonchev–Trinajstić information content (AvgIpc) is 3.13. The fourth-order valence-corrected chi connectivity index (χ4v) is 4.04. The Balaban J connectivity index is 1.57. The molecule has 1 aliphatic rings. The Kier molecular flexibility index (Phi) is 7.97. The van der Waals surface area contributed by atoms with Crippen LogP contribution in [0.2, 0.25) is 0 Å². The van der Waals surface area contributed by atoms with Crippen LogP contribution < -0.4 is 16.0 Å². The van der Waals surface area contributed by atoms with Gasteiger partial charge in [0.25, 0.3) is 5.91 Å². The summed E-state index contributed by atoms with van der Waals surface area (Å²) >= 11 is 0. The van der Waals surface area contributed by atoms with Gasteiger partial charge in [0.1, 0.15) is 5.54 Å². The maximum absolute atomic E-state index is 12.3. The van der Waals surface area contributed by atoms with Crippen molar-refractivity contribution in [2.24, 2.45) is 0 Å². The van der Waals surface area contributed by atoms with Crippen molar-refractivity contribution in [3.05, 3.63) is 41.5 Å². The monoisotopic (exact) mass is 441 g/mol. The van der Waals surface area contributed by atoms with Gasteiger partial charge in [0.15, 0.2) is 5.82 Å². The van der Waals surface area contributed by atoms with E-state index in [1.807, 2.05) is 6.92 Å². The van der Waals surface area contributed by atoms with Crippen LogP contribution in [-0.2, 0) is 21.5 Å². The highest BCUT2D eigenvalue weighted by Crippen LogP contribution is 2.34. The first-order valence-electron chi connectivity index (χ1n) is 11.2. The van der Waals surface area contributed by atoms with Crippen molar-refractivity contribution < 1.29 is 18.9 Å². The smallest absolute Gasteiger partial charge is 0.251 e. The molecule has 9 nitrogen and oxygen atoms in total. The SMILES string of the molecule is CCNC(=O)c1ccc(NC(=O)CCc2nc(C3(NC(C)=O)CCCCCC3)no2)cc1. The number of hydrogen-bond acceptors (Lipinski definition) is 6. The van der Waals surface area contributed by atoms with Crippen molar-refractivity contribution in [2.75, 3.05) is 11.9 Å². The van der Waals surface area contributed by atoms with Gasteiger partial charge in [0.2, 0.25) is 17.7 Å². The number of aromatic nitrogens is 2. The van der Waals surface area contributed by atoms with Gasteiger partial charge in [-0.2, -0.15) is 4.98 Å². The van der Waals surface area contributed by atoms with Crippen molar-refractivity contribution in [3.8, 4) is 0 Å². The van der Waals surface area contributed by atoms with E-state index in [1.165, 1.54) is 6.92 Å². The molecule has 1 aromatic carbocycles. The molecular formula is C23H31N5O4. The van der Waals surface area contributed by atoms with E-state index < -0.39 is 5.54 Å². The Hall–Kier alpha value is -3.23. The van der Waals surface area contributed by atoms with Gasteiger partial charge in [-0.15, -0.1) is 0 Å². The number of nitrogens with one attached hydrogen (secondary N) is 3. The fourth-order valence-electron chi connectivity index (χ4n) is 4.04. The number of carbonyl (C=O) groups excluding carboxylic acids is 3. The zero-order valence-corrected chi connectivity index (χ0v) is 18.7. The van der Waals surface area contributed by atoms with E-state index in [-0.39, 0.29) is 24.1 Å². The summed E-state index contributed by atoms with van der Waals surface area (Å²) in [7, 11) is 0. The number of anilines is 1. The van der Waals surface area contributed by atoms with Crippen LogP contribution in [-0.4, -0.2) is 34.4 Å². The summed E-state index contributed by atoms with van der Waals surface area (Å²) < 4.78 is 5.39. The lowest BCUT2D eigenvalue weighted by atomic mass is 9.89. The van der Waals surface area contributed by atoms with Crippen molar-refractivity contribution in [1.82, 2.24) is 20.8 Å². The van der Waals surface area contributed by atoms with E-state index in [4.69, 9.17) is 4.52 Å². The summed E-state index contributed by atoms with van der Waals surface area (Å²) in [6, 6.07) is 6.71. The van der Waals surface area contributed by atoms with Crippen molar-refractivity contribution in [3.63, 3.8) is 0 Å². The van der Waals surface area contributed by atoms with Gasteiger partial charge >= 0.3 is 0 Å². The Bertz CT molecular complexity index is 930. The highest BCUT2D eigenvalue weighted by atomic mass is 16.5. The molecule has 0 saturated heterocycles. The third-order valence-electron chi connectivity index (χ3n) is 5.60. The molecule has 9 heteroatoms. The maximum Gasteiger partial charge on any atom is 0.251 e. The largest absolute Gasteiger partial charge is 0.352 e. The van der Waals surface area contributed by atoms with Gasteiger partial charge in [-0.1, -0.05) is 30.8 Å². The second-order valence-corrected chi connectivity index (χ2v) is 8.17. The number of amides is 3. The number of hydrogen-bond donors (Lipinski definition) is 3. The summed E-state index contributed by atoms with van der Waals surface area (Å²) in [5.74, 6) is 0.405. The average molecular weight is 442 g/mol. The lowest BCUT2D eigenvalue weighted by molar-refractivity contribution is -0.121. The Morgan fingerprint density at radius 2 is 1.75 bits per heavy atom. The molecule has 3 amide bonds. The van der Waals surface area contributed by atoms with E-state index in [1.54, 1.807) is 24.3 Å². The number of carbonyl (C=O) groups is 3. The minimum absolute atomic E-state index is 0.115. The molecule has 3 N–H and O–H groups in total. The molecule has 1 aliphatic carbocycles. The summed E-state index contributed by atoms with van der Waals surface area (Å²) in [6.07, 6.45) is 6.25. The van der Waals surface area contributed by atoms with Crippen LogP contribution in [0.25, 0.3) is 0 Å². The minimum atomic E-state index is -0.599. The molecule has 0 radical (unpaired) electrons. The lowest BCUT2D eigenvalue weighted by Gasteiger charge is -2.30. The molecule has 1 heterocycles.